The number of nitrogens with zero attached hydrogens (tertiary/aromatic N) is 1. The SMILES string of the molecule is CCC/C=C(/C=C(/C)c1cc(OC)c(OCC2CCNCC2)cc1C)c1ccc(C)o1.CCCC1CCN(C)C(=O)C1. The van der Waals surface area contributed by atoms with Gasteiger partial charge in [0.25, 0.3) is 0 Å². The third kappa shape index (κ3) is 10.1. The van der Waals surface area contributed by atoms with Crippen LogP contribution in [0.4, 0.5) is 0 Å². The molecule has 4 rings (SSSR count). The molecule has 6 heteroatoms. The van der Waals surface area contributed by atoms with E-state index < -0.39 is 0 Å². The molecule has 1 aromatic heterocycles. The maximum atomic E-state index is 11.2. The van der Waals surface area contributed by atoms with Crippen molar-refractivity contribution in [3.8, 4) is 11.5 Å². The number of carbonyl (C=O) groups is 1. The van der Waals surface area contributed by atoms with E-state index in [9.17, 15) is 4.79 Å². The molecule has 2 fully saturated rings. The van der Waals surface area contributed by atoms with Crippen molar-refractivity contribution in [1.82, 2.24) is 10.2 Å². The minimum Gasteiger partial charge on any atom is -0.493 e. The van der Waals surface area contributed by atoms with Gasteiger partial charge in [0.15, 0.2) is 11.5 Å². The summed E-state index contributed by atoms with van der Waals surface area (Å²) in [5.74, 6) is 5.07. The van der Waals surface area contributed by atoms with Gasteiger partial charge in [0.2, 0.25) is 5.91 Å². The van der Waals surface area contributed by atoms with Crippen LogP contribution in [-0.4, -0.2) is 51.2 Å². The molecule has 1 N–H and O–H groups in total. The number of piperidine rings is 2. The number of aryl methyl sites for hydroxylation is 2. The van der Waals surface area contributed by atoms with Crippen molar-refractivity contribution in [1.29, 1.82) is 0 Å². The highest BCUT2D eigenvalue weighted by atomic mass is 16.5. The van der Waals surface area contributed by atoms with Gasteiger partial charge in [-0.1, -0.05) is 39.2 Å². The molecule has 3 heterocycles. The minimum atomic E-state index is 0.328. The molecule has 0 saturated carbocycles. The van der Waals surface area contributed by atoms with Gasteiger partial charge in [0.05, 0.1) is 13.7 Å². The summed E-state index contributed by atoms with van der Waals surface area (Å²) in [5, 5.41) is 3.41. The molecule has 2 saturated heterocycles. The molecule has 1 unspecified atom stereocenters. The van der Waals surface area contributed by atoms with E-state index in [-0.39, 0.29) is 0 Å². The van der Waals surface area contributed by atoms with Crippen LogP contribution in [-0.2, 0) is 4.79 Å². The summed E-state index contributed by atoms with van der Waals surface area (Å²) in [6.07, 6.45) is 13.3. The Morgan fingerprint density at radius 2 is 1.83 bits per heavy atom. The second-order valence-electron chi connectivity index (χ2n) is 12.0. The van der Waals surface area contributed by atoms with Gasteiger partial charge < -0.3 is 24.1 Å². The van der Waals surface area contributed by atoms with Gasteiger partial charge in [-0.3, -0.25) is 4.79 Å². The minimum absolute atomic E-state index is 0.328. The number of allylic oxidation sites excluding steroid dienone is 4. The Labute approximate surface area is 254 Å². The van der Waals surface area contributed by atoms with Crippen LogP contribution < -0.4 is 14.8 Å². The summed E-state index contributed by atoms with van der Waals surface area (Å²) in [4.78, 5) is 13.0. The lowest BCUT2D eigenvalue weighted by Gasteiger charge is -2.28. The average Bonchev–Trinajstić information content (AvgIpc) is 3.43. The van der Waals surface area contributed by atoms with Crippen molar-refractivity contribution in [2.24, 2.45) is 11.8 Å². The van der Waals surface area contributed by atoms with Crippen LogP contribution in [0.1, 0.15) is 94.8 Å². The monoisotopic (exact) mass is 578 g/mol. The summed E-state index contributed by atoms with van der Waals surface area (Å²) in [5.41, 5.74) is 4.64. The fourth-order valence-corrected chi connectivity index (χ4v) is 5.71. The number of ether oxygens (including phenoxy) is 2. The number of hydrogen-bond acceptors (Lipinski definition) is 5. The van der Waals surface area contributed by atoms with Gasteiger partial charge in [0.1, 0.15) is 11.5 Å². The summed E-state index contributed by atoms with van der Waals surface area (Å²) in [7, 11) is 3.60. The van der Waals surface area contributed by atoms with Crippen LogP contribution in [0.15, 0.2) is 40.8 Å². The first kappa shape index (κ1) is 33.5. The Bertz CT molecular complexity index is 1190. The van der Waals surface area contributed by atoms with Gasteiger partial charge in [-0.2, -0.15) is 0 Å². The molecule has 1 aromatic carbocycles. The predicted molar refractivity (Wildman–Crippen MR) is 174 cm³/mol. The first-order valence-electron chi connectivity index (χ1n) is 16.0. The topological polar surface area (TPSA) is 63.9 Å². The van der Waals surface area contributed by atoms with Gasteiger partial charge >= 0.3 is 0 Å². The van der Waals surface area contributed by atoms with Crippen LogP contribution in [0, 0.1) is 25.7 Å². The number of carbonyl (C=O) groups excluding carboxylic acids is 1. The average molecular weight is 579 g/mol. The standard InChI is InChI=1S/C27H37NO3.C9H17NO/c1-6-7-8-23(25-10-9-21(4)31-25)15-19(2)24-17-26(29-5)27(16-20(24)3)30-18-22-11-13-28-14-12-22;1-3-4-8-5-6-10(2)9(11)7-8/h8-10,15-17,22,28H,6-7,11-14,18H2,1-5H3;8H,3-7H2,1-2H3/b19-15-,23-8-;. The molecule has 6 nitrogen and oxygen atoms in total. The van der Waals surface area contributed by atoms with Crippen LogP contribution in [0.5, 0.6) is 11.5 Å². The number of furan rings is 1. The highest BCUT2D eigenvalue weighted by Gasteiger charge is 2.22. The van der Waals surface area contributed by atoms with Crippen LogP contribution in [0.2, 0.25) is 0 Å². The van der Waals surface area contributed by atoms with Crippen molar-refractivity contribution >= 4 is 17.1 Å². The maximum Gasteiger partial charge on any atom is 0.222 e. The normalized spacial score (nSPS) is 18.5. The molecular formula is C36H54N2O4. The van der Waals surface area contributed by atoms with E-state index in [0.717, 1.165) is 79.7 Å². The van der Waals surface area contributed by atoms with E-state index >= 15 is 0 Å². The molecular weight excluding hydrogens is 524 g/mol. The fraction of sp³-hybridized carbons (Fsp3) is 0.583. The molecule has 0 radical (unpaired) electrons. The van der Waals surface area contributed by atoms with Crippen molar-refractivity contribution in [3.05, 3.63) is 59.1 Å². The molecule has 2 aliphatic heterocycles. The Morgan fingerprint density at radius 3 is 2.45 bits per heavy atom. The second kappa shape index (κ2) is 17.2. The van der Waals surface area contributed by atoms with E-state index in [1.165, 1.54) is 43.2 Å². The number of unbranched alkanes of at least 4 members (excludes halogenated alkanes) is 1. The van der Waals surface area contributed by atoms with Crippen molar-refractivity contribution in [2.75, 3.05) is 40.4 Å². The Morgan fingerprint density at radius 1 is 1.07 bits per heavy atom. The zero-order valence-electron chi connectivity index (χ0n) is 27.2. The third-order valence-corrected chi connectivity index (χ3v) is 8.38. The van der Waals surface area contributed by atoms with E-state index in [1.807, 2.05) is 31.0 Å². The number of rotatable bonds is 11. The van der Waals surface area contributed by atoms with E-state index in [4.69, 9.17) is 13.9 Å². The fourth-order valence-electron chi connectivity index (χ4n) is 5.71. The summed E-state index contributed by atoms with van der Waals surface area (Å²) in [6, 6.07) is 8.27. The predicted octanol–water partition coefficient (Wildman–Crippen LogP) is 8.23. The molecule has 2 aliphatic rings. The lowest BCUT2D eigenvalue weighted by Crippen LogP contribution is -2.35. The number of nitrogens with one attached hydrogen (secondary N) is 1. The van der Waals surface area contributed by atoms with Gasteiger partial charge in [-0.05, 0) is 118 Å². The second-order valence-corrected chi connectivity index (χ2v) is 12.0. The van der Waals surface area contributed by atoms with Gasteiger partial charge in [-0.25, -0.2) is 0 Å². The molecule has 232 valence electrons. The molecule has 42 heavy (non-hydrogen) atoms. The lowest BCUT2D eigenvalue weighted by atomic mass is 9.92. The Balaban J connectivity index is 0.000000369. The number of methoxy groups -OCH3 is 1. The molecule has 0 spiro atoms. The highest BCUT2D eigenvalue weighted by molar-refractivity contribution is 5.83. The first-order chi connectivity index (χ1) is 20.2. The van der Waals surface area contributed by atoms with Gasteiger partial charge in [0, 0.05) is 25.6 Å². The van der Waals surface area contributed by atoms with Crippen molar-refractivity contribution < 1.29 is 18.7 Å². The molecule has 1 amide bonds. The molecule has 0 bridgehead atoms. The quantitative estimate of drug-likeness (QED) is 0.272. The third-order valence-electron chi connectivity index (χ3n) is 8.38. The Kier molecular flexibility index (Phi) is 13.7. The Hall–Kier alpha value is -2.99. The number of amides is 1. The zero-order chi connectivity index (χ0) is 30.5. The largest absolute Gasteiger partial charge is 0.493 e. The van der Waals surface area contributed by atoms with Crippen LogP contribution >= 0.6 is 0 Å². The van der Waals surface area contributed by atoms with Crippen molar-refractivity contribution in [2.45, 2.75) is 86.0 Å². The summed E-state index contributed by atoms with van der Waals surface area (Å²) >= 11 is 0. The van der Waals surface area contributed by atoms with Crippen molar-refractivity contribution in [3.63, 3.8) is 0 Å². The smallest absolute Gasteiger partial charge is 0.222 e. The molecule has 0 aliphatic carbocycles. The lowest BCUT2D eigenvalue weighted by molar-refractivity contribution is -0.133. The summed E-state index contributed by atoms with van der Waals surface area (Å²) in [6.45, 7) is 14.5. The van der Waals surface area contributed by atoms with Crippen LogP contribution in [0.25, 0.3) is 11.1 Å². The van der Waals surface area contributed by atoms with Gasteiger partial charge in [-0.15, -0.1) is 0 Å². The molecule has 2 aromatic rings. The number of likely N-dealkylation sites (tertiary alicyclic amines) is 1. The van der Waals surface area contributed by atoms with E-state index in [2.05, 4.69) is 57.3 Å². The van der Waals surface area contributed by atoms with E-state index in [0.29, 0.717) is 17.7 Å². The maximum absolute atomic E-state index is 11.2. The molecule has 1 atom stereocenters. The summed E-state index contributed by atoms with van der Waals surface area (Å²) < 4.78 is 17.8. The number of benzene rings is 1. The highest BCUT2D eigenvalue weighted by Crippen LogP contribution is 2.35. The van der Waals surface area contributed by atoms with Crippen LogP contribution in [0.3, 0.4) is 0 Å². The first-order valence-corrected chi connectivity index (χ1v) is 16.0. The number of hydrogen-bond donors (Lipinski definition) is 1. The zero-order valence-corrected chi connectivity index (χ0v) is 27.2. The van der Waals surface area contributed by atoms with E-state index in [1.54, 1.807) is 7.11 Å².